The molecule has 116 valence electrons. The maximum atomic E-state index is 11.9. The van der Waals surface area contributed by atoms with Crippen LogP contribution in [0.1, 0.15) is 23.6 Å². The van der Waals surface area contributed by atoms with Gasteiger partial charge in [0, 0.05) is 17.3 Å². The molecule has 0 aliphatic carbocycles. The van der Waals surface area contributed by atoms with Gasteiger partial charge in [-0.1, -0.05) is 48.9 Å². The Labute approximate surface area is 136 Å². The average molecular weight is 317 g/mol. The highest BCUT2D eigenvalue weighted by molar-refractivity contribution is 6.31. The fraction of sp³-hybridized carbons (Fsp3) is 0.278. The van der Waals surface area contributed by atoms with Crippen LogP contribution in [0.5, 0.6) is 0 Å². The number of benzene rings is 2. The van der Waals surface area contributed by atoms with Crippen LogP contribution in [0.3, 0.4) is 0 Å². The van der Waals surface area contributed by atoms with Crippen molar-refractivity contribution in [2.75, 3.05) is 11.9 Å². The average Bonchev–Trinajstić information content (AvgIpc) is 2.51. The number of urea groups is 1. The van der Waals surface area contributed by atoms with Gasteiger partial charge in [-0.25, -0.2) is 4.79 Å². The standard InChI is InChI=1S/C18H21ClN2O/c1-3-14-5-7-15(8-6-14)10-11-20-18(22)21-17-12-16(19)9-4-13(17)2/h4-9,12H,3,10-11H2,1-2H3,(H2,20,21,22). The number of carbonyl (C=O) groups excluding carboxylic acids is 1. The molecule has 2 aromatic carbocycles. The van der Waals surface area contributed by atoms with E-state index in [2.05, 4.69) is 41.8 Å². The third-order valence-electron chi connectivity index (χ3n) is 3.58. The van der Waals surface area contributed by atoms with E-state index in [1.54, 1.807) is 12.1 Å². The molecule has 2 amide bonds. The summed E-state index contributed by atoms with van der Waals surface area (Å²) in [5, 5.41) is 6.29. The largest absolute Gasteiger partial charge is 0.338 e. The quantitative estimate of drug-likeness (QED) is 0.833. The Morgan fingerprint density at radius 3 is 2.45 bits per heavy atom. The van der Waals surface area contributed by atoms with Crippen molar-refractivity contribution < 1.29 is 4.79 Å². The third-order valence-corrected chi connectivity index (χ3v) is 3.81. The molecule has 2 aromatic rings. The monoisotopic (exact) mass is 316 g/mol. The zero-order valence-electron chi connectivity index (χ0n) is 12.9. The van der Waals surface area contributed by atoms with Gasteiger partial charge in [-0.15, -0.1) is 0 Å². The van der Waals surface area contributed by atoms with Crippen molar-refractivity contribution in [3.05, 3.63) is 64.2 Å². The Kier molecular flexibility index (Phi) is 5.84. The van der Waals surface area contributed by atoms with Gasteiger partial charge in [0.2, 0.25) is 0 Å². The minimum atomic E-state index is -0.212. The zero-order valence-corrected chi connectivity index (χ0v) is 13.7. The van der Waals surface area contributed by atoms with Crippen LogP contribution in [0, 0.1) is 6.92 Å². The summed E-state index contributed by atoms with van der Waals surface area (Å²) >= 11 is 5.94. The highest BCUT2D eigenvalue weighted by Gasteiger charge is 2.04. The van der Waals surface area contributed by atoms with E-state index in [1.807, 2.05) is 13.0 Å². The molecule has 0 atom stereocenters. The highest BCUT2D eigenvalue weighted by atomic mass is 35.5. The van der Waals surface area contributed by atoms with Crippen LogP contribution in [-0.2, 0) is 12.8 Å². The summed E-state index contributed by atoms with van der Waals surface area (Å²) < 4.78 is 0. The van der Waals surface area contributed by atoms with Crippen molar-refractivity contribution in [1.82, 2.24) is 5.32 Å². The lowest BCUT2D eigenvalue weighted by Gasteiger charge is -2.10. The van der Waals surface area contributed by atoms with Crippen molar-refractivity contribution in [1.29, 1.82) is 0 Å². The number of nitrogens with one attached hydrogen (secondary N) is 2. The molecule has 0 radical (unpaired) electrons. The highest BCUT2D eigenvalue weighted by Crippen LogP contribution is 2.19. The minimum Gasteiger partial charge on any atom is -0.338 e. The Hall–Kier alpha value is -2.00. The summed E-state index contributed by atoms with van der Waals surface area (Å²) in [7, 11) is 0. The van der Waals surface area contributed by atoms with Crippen LogP contribution in [0.25, 0.3) is 0 Å². The molecule has 0 bridgehead atoms. The predicted octanol–water partition coefficient (Wildman–Crippen LogP) is 4.58. The fourth-order valence-corrected chi connectivity index (χ4v) is 2.33. The normalized spacial score (nSPS) is 10.3. The van der Waals surface area contributed by atoms with Gasteiger partial charge in [-0.3, -0.25) is 0 Å². The lowest BCUT2D eigenvalue weighted by atomic mass is 10.1. The summed E-state index contributed by atoms with van der Waals surface area (Å²) in [6.45, 7) is 4.66. The van der Waals surface area contributed by atoms with E-state index in [0.29, 0.717) is 11.6 Å². The van der Waals surface area contributed by atoms with Crippen molar-refractivity contribution in [3.8, 4) is 0 Å². The van der Waals surface area contributed by atoms with E-state index < -0.39 is 0 Å². The van der Waals surface area contributed by atoms with Crippen molar-refractivity contribution in [3.63, 3.8) is 0 Å². The maximum absolute atomic E-state index is 11.9. The van der Waals surface area contributed by atoms with Crippen LogP contribution in [0.4, 0.5) is 10.5 Å². The molecule has 0 fully saturated rings. The van der Waals surface area contributed by atoms with E-state index in [1.165, 1.54) is 11.1 Å². The van der Waals surface area contributed by atoms with Gasteiger partial charge in [0.1, 0.15) is 0 Å². The topological polar surface area (TPSA) is 41.1 Å². The third kappa shape index (κ3) is 4.78. The summed E-state index contributed by atoms with van der Waals surface area (Å²) in [5.41, 5.74) is 4.26. The number of aryl methyl sites for hydroxylation is 2. The van der Waals surface area contributed by atoms with Gasteiger partial charge in [0.25, 0.3) is 0 Å². The Balaban J connectivity index is 1.81. The Morgan fingerprint density at radius 2 is 1.77 bits per heavy atom. The number of hydrogen-bond donors (Lipinski definition) is 2. The number of anilines is 1. The first-order chi connectivity index (χ1) is 10.6. The summed E-state index contributed by atoms with van der Waals surface area (Å²) in [6, 6.07) is 13.7. The lowest BCUT2D eigenvalue weighted by Crippen LogP contribution is -2.30. The molecule has 0 aliphatic heterocycles. The first-order valence-electron chi connectivity index (χ1n) is 7.47. The van der Waals surface area contributed by atoms with Gasteiger partial charge in [0.05, 0.1) is 0 Å². The second-order valence-electron chi connectivity index (χ2n) is 5.26. The van der Waals surface area contributed by atoms with Crippen LogP contribution < -0.4 is 10.6 Å². The maximum Gasteiger partial charge on any atom is 0.319 e. The van der Waals surface area contributed by atoms with Gasteiger partial charge in [0.15, 0.2) is 0 Å². The molecule has 3 nitrogen and oxygen atoms in total. The number of hydrogen-bond acceptors (Lipinski definition) is 1. The number of amides is 2. The van der Waals surface area contributed by atoms with Crippen molar-refractivity contribution in [2.45, 2.75) is 26.7 Å². The van der Waals surface area contributed by atoms with Gasteiger partial charge in [-0.05, 0) is 48.6 Å². The Bertz CT molecular complexity index is 638. The number of halogens is 1. The molecule has 2 rings (SSSR count). The van der Waals surface area contributed by atoms with Crippen LogP contribution in [-0.4, -0.2) is 12.6 Å². The fourth-order valence-electron chi connectivity index (χ4n) is 2.16. The molecule has 0 heterocycles. The molecule has 0 saturated heterocycles. The van der Waals surface area contributed by atoms with Crippen LogP contribution in [0.15, 0.2) is 42.5 Å². The molecule has 0 aliphatic rings. The molecule has 2 N–H and O–H groups in total. The second kappa shape index (κ2) is 7.85. The number of rotatable bonds is 5. The smallest absolute Gasteiger partial charge is 0.319 e. The lowest BCUT2D eigenvalue weighted by molar-refractivity contribution is 0.252. The minimum absolute atomic E-state index is 0.212. The van der Waals surface area contributed by atoms with Crippen LogP contribution in [0.2, 0.25) is 5.02 Å². The molecule has 0 saturated carbocycles. The first-order valence-corrected chi connectivity index (χ1v) is 7.85. The van der Waals surface area contributed by atoms with E-state index in [4.69, 9.17) is 11.6 Å². The molecule has 22 heavy (non-hydrogen) atoms. The molecule has 0 unspecified atom stereocenters. The van der Waals surface area contributed by atoms with Crippen molar-refractivity contribution in [2.24, 2.45) is 0 Å². The van der Waals surface area contributed by atoms with Gasteiger partial charge >= 0.3 is 6.03 Å². The van der Waals surface area contributed by atoms with E-state index >= 15 is 0 Å². The first kappa shape index (κ1) is 16.4. The zero-order chi connectivity index (χ0) is 15.9. The van der Waals surface area contributed by atoms with Gasteiger partial charge in [-0.2, -0.15) is 0 Å². The van der Waals surface area contributed by atoms with E-state index in [-0.39, 0.29) is 6.03 Å². The molecule has 0 spiro atoms. The SMILES string of the molecule is CCc1ccc(CCNC(=O)Nc2cc(Cl)ccc2C)cc1. The van der Waals surface area contributed by atoms with Crippen molar-refractivity contribution >= 4 is 23.3 Å². The molecule has 4 heteroatoms. The van der Waals surface area contributed by atoms with E-state index in [0.717, 1.165) is 24.1 Å². The molecular formula is C18H21ClN2O. The second-order valence-corrected chi connectivity index (χ2v) is 5.70. The summed E-state index contributed by atoms with van der Waals surface area (Å²) in [5.74, 6) is 0. The predicted molar refractivity (Wildman–Crippen MR) is 92.7 cm³/mol. The Morgan fingerprint density at radius 1 is 1.09 bits per heavy atom. The molecular weight excluding hydrogens is 296 g/mol. The van der Waals surface area contributed by atoms with E-state index in [9.17, 15) is 4.79 Å². The summed E-state index contributed by atoms with van der Waals surface area (Å²) in [6.07, 6.45) is 1.85. The van der Waals surface area contributed by atoms with Gasteiger partial charge < -0.3 is 10.6 Å². The molecule has 0 aromatic heterocycles. The summed E-state index contributed by atoms with van der Waals surface area (Å²) in [4.78, 5) is 11.9. The number of carbonyl (C=O) groups is 1. The van der Waals surface area contributed by atoms with Crippen LogP contribution >= 0.6 is 11.6 Å².